The van der Waals surface area contributed by atoms with E-state index in [4.69, 9.17) is 4.74 Å². The second kappa shape index (κ2) is 4.04. The van der Waals surface area contributed by atoms with Crippen molar-refractivity contribution in [1.29, 1.82) is 0 Å². The van der Waals surface area contributed by atoms with Crippen LogP contribution in [0, 0.1) is 6.92 Å². The number of hydrogen-bond donors (Lipinski definition) is 0. The normalized spacial score (nSPS) is 15.3. The van der Waals surface area contributed by atoms with E-state index < -0.39 is 0 Å². The summed E-state index contributed by atoms with van der Waals surface area (Å²) in [6.45, 7) is 4.44. The Bertz CT molecular complexity index is 367. The zero-order chi connectivity index (χ0) is 10.8. The zero-order valence-electron chi connectivity index (χ0n) is 9.19. The topological polar surface area (TPSA) is 44.1 Å². The van der Waals surface area contributed by atoms with Crippen molar-refractivity contribution >= 4 is 5.97 Å². The van der Waals surface area contributed by atoms with E-state index in [1.807, 2.05) is 13.8 Å². The Morgan fingerprint density at radius 1 is 1.67 bits per heavy atom. The number of carbonyl (C=O) groups excluding carboxylic acids is 1. The molecule has 2 rings (SSSR count). The highest BCUT2D eigenvalue weighted by molar-refractivity contribution is 5.69. The molecule has 1 aliphatic carbocycles. The van der Waals surface area contributed by atoms with Gasteiger partial charge in [-0.1, -0.05) is 0 Å². The first kappa shape index (κ1) is 10.2. The Balaban J connectivity index is 2.09. The van der Waals surface area contributed by atoms with Crippen LogP contribution in [0.25, 0.3) is 0 Å². The van der Waals surface area contributed by atoms with Gasteiger partial charge in [0.1, 0.15) is 6.54 Å². The highest BCUT2D eigenvalue weighted by Gasteiger charge is 2.28. The first-order chi connectivity index (χ1) is 7.20. The molecule has 0 N–H and O–H groups in total. The fourth-order valence-electron chi connectivity index (χ4n) is 1.73. The Kier molecular flexibility index (Phi) is 2.75. The van der Waals surface area contributed by atoms with Crippen molar-refractivity contribution in [3.63, 3.8) is 0 Å². The summed E-state index contributed by atoms with van der Waals surface area (Å²) in [5.41, 5.74) is 2.15. The molecule has 0 bridgehead atoms. The molecule has 0 radical (unpaired) electrons. The van der Waals surface area contributed by atoms with Crippen molar-refractivity contribution in [3.05, 3.63) is 17.5 Å². The number of esters is 1. The van der Waals surface area contributed by atoms with E-state index in [9.17, 15) is 4.79 Å². The van der Waals surface area contributed by atoms with Gasteiger partial charge >= 0.3 is 5.97 Å². The van der Waals surface area contributed by atoms with E-state index in [1.54, 1.807) is 4.68 Å². The van der Waals surface area contributed by atoms with Crippen LogP contribution in [0.4, 0.5) is 0 Å². The van der Waals surface area contributed by atoms with Crippen LogP contribution in [-0.2, 0) is 16.1 Å². The summed E-state index contributed by atoms with van der Waals surface area (Å²) in [5.74, 6) is 0.406. The molecular formula is C11H16N2O2. The summed E-state index contributed by atoms with van der Waals surface area (Å²) < 4.78 is 6.69. The molecule has 4 heteroatoms. The highest BCUT2D eigenvalue weighted by atomic mass is 16.5. The summed E-state index contributed by atoms with van der Waals surface area (Å²) in [5, 5.41) is 4.31. The van der Waals surface area contributed by atoms with E-state index >= 15 is 0 Å². The molecule has 15 heavy (non-hydrogen) atoms. The number of aryl methyl sites for hydroxylation is 1. The number of nitrogens with zero attached hydrogens (tertiary/aromatic N) is 2. The van der Waals surface area contributed by atoms with E-state index in [-0.39, 0.29) is 12.5 Å². The van der Waals surface area contributed by atoms with Gasteiger partial charge < -0.3 is 4.74 Å². The van der Waals surface area contributed by atoms with Crippen molar-refractivity contribution in [2.24, 2.45) is 0 Å². The lowest BCUT2D eigenvalue weighted by Crippen LogP contribution is -2.16. The van der Waals surface area contributed by atoms with Crippen molar-refractivity contribution in [2.45, 2.75) is 39.2 Å². The second-order valence-corrected chi connectivity index (χ2v) is 3.95. The van der Waals surface area contributed by atoms with Crippen LogP contribution in [0.1, 0.15) is 37.1 Å². The Hall–Kier alpha value is -1.32. The van der Waals surface area contributed by atoms with Gasteiger partial charge in [-0.2, -0.15) is 5.10 Å². The third-order valence-corrected chi connectivity index (χ3v) is 2.51. The number of aromatic nitrogens is 2. The fourth-order valence-corrected chi connectivity index (χ4v) is 1.73. The minimum Gasteiger partial charge on any atom is -0.465 e. The predicted octanol–water partition coefficient (Wildman–Crippen LogP) is 1.63. The second-order valence-electron chi connectivity index (χ2n) is 3.95. The molecule has 1 aromatic rings. The van der Waals surface area contributed by atoms with Gasteiger partial charge in [-0.3, -0.25) is 9.48 Å². The van der Waals surface area contributed by atoms with Crippen LogP contribution in [0.15, 0.2) is 6.07 Å². The van der Waals surface area contributed by atoms with Gasteiger partial charge in [0.05, 0.1) is 12.3 Å². The van der Waals surface area contributed by atoms with Crippen LogP contribution >= 0.6 is 0 Å². The van der Waals surface area contributed by atoms with Crippen molar-refractivity contribution in [2.75, 3.05) is 6.61 Å². The Morgan fingerprint density at radius 3 is 3.00 bits per heavy atom. The lowest BCUT2D eigenvalue weighted by molar-refractivity contribution is -0.144. The standard InChI is InChI=1S/C11H16N2O2/c1-3-15-11(14)7-13-10(9-4-5-9)6-8(2)12-13/h6,9H,3-5,7H2,1-2H3. The molecule has 0 spiro atoms. The highest BCUT2D eigenvalue weighted by Crippen LogP contribution is 2.40. The van der Waals surface area contributed by atoms with Crippen LogP contribution in [0.2, 0.25) is 0 Å². The van der Waals surface area contributed by atoms with E-state index in [1.165, 1.54) is 18.5 Å². The number of rotatable bonds is 4. The molecule has 82 valence electrons. The predicted molar refractivity (Wildman–Crippen MR) is 55.6 cm³/mol. The Morgan fingerprint density at radius 2 is 2.40 bits per heavy atom. The average Bonchev–Trinajstić information content (AvgIpc) is 2.92. The van der Waals surface area contributed by atoms with E-state index in [0.717, 1.165) is 5.69 Å². The van der Waals surface area contributed by atoms with Crippen molar-refractivity contribution in [3.8, 4) is 0 Å². The first-order valence-electron chi connectivity index (χ1n) is 5.40. The number of carbonyl (C=O) groups is 1. The summed E-state index contributed by atoms with van der Waals surface area (Å²) in [6, 6.07) is 2.07. The summed E-state index contributed by atoms with van der Waals surface area (Å²) in [7, 11) is 0. The molecule has 1 aliphatic rings. The fraction of sp³-hybridized carbons (Fsp3) is 0.636. The maximum absolute atomic E-state index is 11.3. The first-order valence-corrected chi connectivity index (χ1v) is 5.40. The molecule has 0 aromatic carbocycles. The van der Waals surface area contributed by atoms with Crippen LogP contribution < -0.4 is 0 Å². The van der Waals surface area contributed by atoms with Gasteiger partial charge in [0.15, 0.2) is 0 Å². The quantitative estimate of drug-likeness (QED) is 0.706. The van der Waals surface area contributed by atoms with Gasteiger partial charge in [0, 0.05) is 11.6 Å². The molecule has 0 unspecified atom stereocenters. The third-order valence-electron chi connectivity index (χ3n) is 2.51. The smallest absolute Gasteiger partial charge is 0.327 e. The third kappa shape index (κ3) is 2.37. The van der Waals surface area contributed by atoms with E-state index in [2.05, 4.69) is 11.2 Å². The molecule has 0 aliphatic heterocycles. The maximum Gasteiger partial charge on any atom is 0.327 e. The Labute approximate surface area is 89.2 Å². The molecule has 1 aromatic heterocycles. The molecule has 4 nitrogen and oxygen atoms in total. The minimum absolute atomic E-state index is 0.206. The molecule has 0 saturated heterocycles. The average molecular weight is 208 g/mol. The molecule has 1 saturated carbocycles. The van der Waals surface area contributed by atoms with Gasteiger partial charge in [0.25, 0.3) is 0 Å². The van der Waals surface area contributed by atoms with Gasteiger partial charge in [-0.25, -0.2) is 0 Å². The van der Waals surface area contributed by atoms with E-state index in [0.29, 0.717) is 12.5 Å². The van der Waals surface area contributed by atoms with Gasteiger partial charge in [-0.15, -0.1) is 0 Å². The molecule has 0 amide bonds. The lowest BCUT2D eigenvalue weighted by atomic mass is 10.3. The molecule has 0 atom stereocenters. The van der Waals surface area contributed by atoms with Crippen LogP contribution in [-0.4, -0.2) is 22.4 Å². The van der Waals surface area contributed by atoms with Crippen LogP contribution in [0.5, 0.6) is 0 Å². The molecule has 1 fully saturated rings. The van der Waals surface area contributed by atoms with Gasteiger partial charge in [-0.05, 0) is 32.8 Å². The maximum atomic E-state index is 11.3. The van der Waals surface area contributed by atoms with Crippen LogP contribution in [0.3, 0.4) is 0 Å². The van der Waals surface area contributed by atoms with Crippen molar-refractivity contribution < 1.29 is 9.53 Å². The summed E-state index contributed by atoms with van der Waals surface area (Å²) in [6.07, 6.45) is 2.43. The zero-order valence-corrected chi connectivity index (χ0v) is 9.19. The SMILES string of the molecule is CCOC(=O)Cn1nc(C)cc1C1CC1. The molecule has 1 heterocycles. The minimum atomic E-state index is -0.206. The summed E-state index contributed by atoms with van der Waals surface area (Å²) in [4.78, 5) is 11.3. The largest absolute Gasteiger partial charge is 0.465 e. The molecular weight excluding hydrogens is 192 g/mol. The van der Waals surface area contributed by atoms with Gasteiger partial charge in [0.2, 0.25) is 0 Å². The lowest BCUT2D eigenvalue weighted by Gasteiger charge is -2.05. The summed E-state index contributed by atoms with van der Waals surface area (Å²) >= 11 is 0. The monoisotopic (exact) mass is 208 g/mol. The number of hydrogen-bond acceptors (Lipinski definition) is 3. The number of ether oxygens (including phenoxy) is 1. The van der Waals surface area contributed by atoms with Crippen molar-refractivity contribution in [1.82, 2.24) is 9.78 Å².